The maximum absolute atomic E-state index is 13.4. The van der Waals surface area contributed by atoms with Gasteiger partial charge in [-0.1, -0.05) is 6.07 Å². The van der Waals surface area contributed by atoms with Crippen LogP contribution in [0.1, 0.15) is 44.1 Å². The van der Waals surface area contributed by atoms with Crippen LogP contribution in [0, 0.1) is 12.7 Å². The predicted molar refractivity (Wildman–Crippen MR) is 119 cm³/mol. The number of amides is 2. The minimum absolute atomic E-state index is 0.206. The molecule has 0 aliphatic carbocycles. The van der Waals surface area contributed by atoms with Crippen molar-refractivity contribution >= 4 is 28.2 Å². The van der Waals surface area contributed by atoms with Crippen molar-refractivity contribution in [1.29, 1.82) is 0 Å². The van der Waals surface area contributed by atoms with Gasteiger partial charge in [-0.25, -0.2) is 4.39 Å². The largest absolute Gasteiger partial charge is 0.497 e. The van der Waals surface area contributed by atoms with Crippen molar-refractivity contribution in [2.45, 2.75) is 19.9 Å². The molecule has 0 bridgehead atoms. The fraction of sp³-hybridized carbons (Fsp3) is 0.217. The van der Waals surface area contributed by atoms with E-state index in [9.17, 15) is 14.0 Å². The minimum Gasteiger partial charge on any atom is -0.497 e. The molecule has 0 aliphatic rings. The first-order valence-corrected chi connectivity index (χ1v) is 10.3. The standard InChI is InChI=1S/C23H23FN2O4S/c1-13-10-20(26-22(27)15-6-5-7-16(24)11-15)31-21(13)23(28)25-14(2)18-9-8-17(29-3)12-19(18)30-4/h5-12,14H,1-4H3,(H,25,28)(H,26,27). The molecule has 1 heterocycles. The summed E-state index contributed by atoms with van der Waals surface area (Å²) in [6, 6.07) is 12.2. The summed E-state index contributed by atoms with van der Waals surface area (Å²) in [6.07, 6.45) is 0. The molecule has 2 amide bonds. The number of nitrogens with one attached hydrogen (secondary N) is 2. The molecule has 0 radical (unpaired) electrons. The smallest absolute Gasteiger partial charge is 0.262 e. The van der Waals surface area contributed by atoms with Gasteiger partial charge in [0.25, 0.3) is 11.8 Å². The summed E-state index contributed by atoms with van der Waals surface area (Å²) in [7, 11) is 3.13. The Morgan fingerprint density at radius 1 is 1.03 bits per heavy atom. The second kappa shape index (κ2) is 9.61. The Morgan fingerprint density at radius 3 is 2.48 bits per heavy atom. The van der Waals surface area contributed by atoms with Gasteiger partial charge < -0.3 is 20.1 Å². The fourth-order valence-electron chi connectivity index (χ4n) is 3.10. The van der Waals surface area contributed by atoms with Gasteiger partial charge in [0, 0.05) is 17.2 Å². The van der Waals surface area contributed by atoms with Crippen molar-refractivity contribution in [1.82, 2.24) is 5.32 Å². The molecule has 0 saturated heterocycles. The number of aryl methyl sites for hydroxylation is 1. The number of halogens is 1. The number of benzene rings is 2. The Kier molecular flexibility index (Phi) is 6.91. The Hall–Kier alpha value is -3.39. The Morgan fingerprint density at radius 2 is 1.81 bits per heavy atom. The lowest BCUT2D eigenvalue weighted by atomic mass is 10.1. The van der Waals surface area contributed by atoms with Crippen molar-refractivity contribution in [3.05, 3.63) is 75.9 Å². The number of ether oxygens (including phenoxy) is 2. The lowest BCUT2D eigenvalue weighted by Crippen LogP contribution is -2.26. The molecule has 2 aromatic carbocycles. The lowest BCUT2D eigenvalue weighted by molar-refractivity contribution is 0.0942. The highest BCUT2D eigenvalue weighted by Crippen LogP contribution is 2.31. The van der Waals surface area contributed by atoms with E-state index in [-0.39, 0.29) is 17.5 Å². The van der Waals surface area contributed by atoms with Gasteiger partial charge in [-0.05, 0) is 55.8 Å². The Labute approximate surface area is 184 Å². The van der Waals surface area contributed by atoms with Crippen molar-refractivity contribution in [3.8, 4) is 11.5 Å². The second-order valence-corrected chi connectivity index (χ2v) is 7.94. The maximum Gasteiger partial charge on any atom is 0.262 e. The van der Waals surface area contributed by atoms with Crippen LogP contribution < -0.4 is 20.1 Å². The van der Waals surface area contributed by atoms with Gasteiger partial charge in [-0.3, -0.25) is 9.59 Å². The van der Waals surface area contributed by atoms with Crippen LogP contribution in [0.15, 0.2) is 48.5 Å². The number of carbonyl (C=O) groups excluding carboxylic acids is 2. The Balaban J connectivity index is 1.73. The monoisotopic (exact) mass is 442 g/mol. The molecular weight excluding hydrogens is 419 g/mol. The van der Waals surface area contributed by atoms with Gasteiger partial charge in [-0.15, -0.1) is 11.3 Å². The summed E-state index contributed by atoms with van der Waals surface area (Å²) < 4.78 is 24.0. The van der Waals surface area contributed by atoms with E-state index in [2.05, 4.69) is 10.6 Å². The predicted octanol–water partition coefficient (Wildman–Crippen LogP) is 4.96. The third-order valence-electron chi connectivity index (χ3n) is 4.70. The van der Waals surface area contributed by atoms with E-state index in [0.717, 1.165) is 28.5 Å². The van der Waals surface area contributed by atoms with E-state index in [1.54, 1.807) is 39.3 Å². The van der Waals surface area contributed by atoms with Crippen molar-refractivity contribution in [2.24, 2.45) is 0 Å². The van der Waals surface area contributed by atoms with E-state index >= 15 is 0 Å². The first-order valence-electron chi connectivity index (χ1n) is 9.52. The average molecular weight is 443 g/mol. The number of methoxy groups -OCH3 is 2. The molecule has 1 aromatic heterocycles. The highest BCUT2D eigenvalue weighted by molar-refractivity contribution is 7.18. The normalized spacial score (nSPS) is 11.5. The molecule has 6 nitrogen and oxygen atoms in total. The highest BCUT2D eigenvalue weighted by atomic mass is 32.1. The van der Waals surface area contributed by atoms with Gasteiger partial charge in [0.1, 0.15) is 17.3 Å². The molecule has 162 valence electrons. The zero-order valence-electron chi connectivity index (χ0n) is 17.6. The van der Waals surface area contributed by atoms with Crippen molar-refractivity contribution < 1.29 is 23.5 Å². The van der Waals surface area contributed by atoms with Crippen molar-refractivity contribution in [3.63, 3.8) is 0 Å². The molecule has 2 N–H and O–H groups in total. The van der Waals surface area contributed by atoms with Gasteiger partial charge in [0.2, 0.25) is 0 Å². The van der Waals surface area contributed by atoms with Crippen molar-refractivity contribution in [2.75, 3.05) is 19.5 Å². The summed E-state index contributed by atoms with van der Waals surface area (Å²) in [5.41, 5.74) is 1.74. The van der Waals surface area contributed by atoms with Crippen LogP contribution in [0.5, 0.6) is 11.5 Å². The Bertz CT molecular complexity index is 1110. The number of hydrogen-bond acceptors (Lipinski definition) is 5. The van der Waals surface area contributed by atoms with Crippen LogP contribution in [0.4, 0.5) is 9.39 Å². The van der Waals surface area contributed by atoms with Crippen LogP contribution in [-0.4, -0.2) is 26.0 Å². The van der Waals surface area contributed by atoms with Gasteiger partial charge in [0.05, 0.1) is 30.1 Å². The van der Waals surface area contributed by atoms with E-state index in [1.165, 1.54) is 18.2 Å². The van der Waals surface area contributed by atoms with Gasteiger partial charge in [-0.2, -0.15) is 0 Å². The quantitative estimate of drug-likeness (QED) is 0.542. The van der Waals surface area contributed by atoms with E-state index < -0.39 is 11.7 Å². The molecule has 1 atom stereocenters. The number of thiophene rings is 1. The number of hydrogen-bond donors (Lipinski definition) is 2. The summed E-state index contributed by atoms with van der Waals surface area (Å²) in [5, 5.41) is 6.18. The fourth-order valence-corrected chi connectivity index (χ4v) is 4.07. The topological polar surface area (TPSA) is 76.7 Å². The molecule has 8 heteroatoms. The molecule has 31 heavy (non-hydrogen) atoms. The van der Waals surface area contributed by atoms with E-state index in [4.69, 9.17) is 9.47 Å². The molecule has 0 saturated carbocycles. The summed E-state index contributed by atoms with van der Waals surface area (Å²) >= 11 is 1.16. The summed E-state index contributed by atoms with van der Waals surface area (Å²) in [5.74, 6) is 0.0752. The second-order valence-electron chi connectivity index (χ2n) is 6.89. The molecule has 3 rings (SSSR count). The van der Waals surface area contributed by atoms with Crippen LogP contribution in [0.25, 0.3) is 0 Å². The molecular formula is C23H23FN2O4S. The minimum atomic E-state index is -0.488. The van der Waals surface area contributed by atoms with Gasteiger partial charge in [0.15, 0.2) is 0 Å². The third-order valence-corrected chi connectivity index (χ3v) is 5.85. The number of carbonyl (C=O) groups is 2. The number of anilines is 1. The lowest BCUT2D eigenvalue weighted by Gasteiger charge is -2.18. The number of rotatable bonds is 7. The molecule has 0 spiro atoms. The zero-order valence-corrected chi connectivity index (χ0v) is 18.4. The summed E-state index contributed by atoms with van der Waals surface area (Å²) in [4.78, 5) is 25.7. The van der Waals surface area contributed by atoms with E-state index in [1.807, 2.05) is 13.0 Å². The van der Waals surface area contributed by atoms with Crippen LogP contribution in [0.2, 0.25) is 0 Å². The van der Waals surface area contributed by atoms with E-state index in [0.29, 0.717) is 21.4 Å². The van der Waals surface area contributed by atoms with Crippen LogP contribution >= 0.6 is 11.3 Å². The average Bonchev–Trinajstić information content (AvgIpc) is 3.13. The SMILES string of the molecule is COc1ccc(C(C)NC(=O)c2sc(NC(=O)c3cccc(F)c3)cc2C)c(OC)c1. The molecule has 1 unspecified atom stereocenters. The highest BCUT2D eigenvalue weighted by Gasteiger charge is 2.20. The molecule has 0 fully saturated rings. The molecule has 3 aromatic rings. The van der Waals surface area contributed by atoms with Gasteiger partial charge >= 0.3 is 0 Å². The zero-order chi connectivity index (χ0) is 22.5. The first kappa shape index (κ1) is 22.3. The maximum atomic E-state index is 13.4. The third kappa shape index (κ3) is 5.21. The first-order chi connectivity index (χ1) is 14.8. The van der Waals surface area contributed by atoms with Crippen LogP contribution in [-0.2, 0) is 0 Å². The molecule has 0 aliphatic heterocycles. The summed E-state index contributed by atoms with van der Waals surface area (Å²) in [6.45, 7) is 3.65. The van der Waals surface area contributed by atoms with Crippen LogP contribution in [0.3, 0.4) is 0 Å².